The average molecular weight is 443 g/mol. The van der Waals surface area contributed by atoms with E-state index in [1.807, 2.05) is 35.2 Å². The van der Waals surface area contributed by atoms with Crippen LogP contribution in [0.4, 0.5) is 0 Å². The molecule has 0 unspecified atom stereocenters. The molecule has 0 N–H and O–H groups in total. The lowest BCUT2D eigenvalue weighted by Crippen LogP contribution is -2.49. The highest BCUT2D eigenvalue weighted by molar-refractivity contribution is 5.93. The Bertz CT molecular complexity index is 1170. The summed E-state index contributed by atoms with van der Waals surface area (Å²) in [5.41, 5.74) is 6.41. The fourth-order valence-corrected chi connectivity index (χ4v) is 4.03. The Balaban J connectivity index is 1.58. The number of nitrogens with zero attached hydrogens (tertiary/aromatic N) is 4. The first kappa shape index (κ1) is 22.5. The second-order valence-corrected chi connectivity index (χ2v) is 8.58. The lowest BCUT2D eigenvalue weighted by atomic mass is 10.0. The Hall–Kier alpha value is -3.67. The summed E-state index contributed by atoms with van der Waals surface area (Å²) in [5.74, 6) is 0.0153. The Morgan fingerprint density at radius 1 is 0.939 bits per heavy atom. The number of carbonyl (C=O) groups excluding carboxylic acids is 2. The predicted molar refractivity (Wildman–Crippen MR) is 131 cm³/mol. The van der Waals surface area contributed by atoms with Gasteiger partial charge in [0, 0.05) is 56.5 Å². The van der Waals surface area contributed by atoms with Crippen molar-refractivity contribution >= 4 is 17.9 Å². The number of aromatic nitrogens is 2. The maximum absolute atomic E-state index is 12.8. The van der Waals surface area contributed by atoms with Crippen LogP contribution in [0.25, 0.3) is 17.3 Å². The number of hydrogen-bond donors (Lipinski definition) is 0. The van der Waals surface area contributed by atoms with Gasteiger partial charge in [-0.1, -0.05) is 42.5 Å². The van der Waals surface area contributed by atoms with E-state index in [9.17, 15) is 9.59 Å². The third-order valence-electron chi connectivity index (χ3n) is 6.20. The highest BCUT2D eigenvalue weighted by Crippen LogP contribution is 2.26. The molecule has 170 valence electrons. The van der Waals surface area contributed by atoms with Gasteiger partial charge in [0.15, 0.2) is 0 Å². The van der Waals surface area contributed by atoms with Crippen LogP contribution in [0.3, 0.4) is 0 Å². The van der Waals surface area contributed by atoms with Gasteiger partial charge in [0.25, 0.3) is 0 Å². The minimum atomic E-state index is -0.0416. The van der Waals surface area contributed by atoms with E-state index in [0.717, 1.165) is 16.8 Å². The molecule has 1 aliphatic rings. The molecule has 33 heavy (non-hydrogen) atoms. The number of rotatable bonds is 5. The van der Waals surface area contributed by atoms with Gasteiger partial charge in [-0.05, 0) is 42.7 Å². The molecule has 0 atom stereocenters. The molecule has 6 nitrogen and oxygen atoms in total. The zero-order valence-electron chi connectivity index (χ0n) is 19.5. The second kappa shape index (κ2) is 9.86. The SMILES string of the molecule is CC(=O)N1CCN(C(=O)/C=C/c2cn(Cc3ccccc3)nc2-c2ccc(C)c(C)c2)CC1. The largest absolute Gasteiger partial charge is 0.339 e. The number of benzene rings is 2. The first-order chi connectivity index (χ1) is 15.9. The molecule has 1 aromatic heterocycles. The van der Waals surface area contributed by atoms with Crippen LogP contribution in [-0.4, -0.2) is 57.6 Å². The molecule has 2 heterocycles. The van der Waals surface area contributed by atoms with Crippen molar-refractivity contribution in [2.75, 3.05) is 26.2 Å². The number of piperazine rings is 1. The van der Waals surface area contributed by atoms with Gasteiger partial charge < -0.3 is 9.80 Å². The van der Waals surface area contributed by atoms with Crippen molar-refractivity contribution in [1.29, 1.82) is 0 Å². The van der Waals surface area contributed by atoms with Gasteiger partial charge in [0.05, 0.1) is 12.2 Å². The minimum absolute atomic E-state index is 0.0416. The van der Waals surface area contributed by atoms with E-state index in [1.165, 1.54) is 16.7 Å². The summed E-state index contributed by atoms with van der Waals surface area (Å²) in [6.45, 7) is 8.69. The summed E-state index contributed by atoms with van der Waals surface area (Å²) in [6.07, 6.45) is 5.48. The van der Waals surface area contributed by atoms with E-state index in [1.54, 1.807) is 22.8 Å². The molecule has 0 spiro atoms. The van der Waals surface area contributed by atoms with Crippen molar-refractivity contribution in [1.82, 2.24) is 19.6 Å². The normalized spacial score (nSPS) is 14.2. The Morgan fingerprint density at radius 2 is 1.64 bits per heavy atom. The molecule has 1 aliphatic heterocycles. The smallest absolute Gasteiger partial charge is 0.246 e. The van der Waals surface area contributed by atoms with E-state index in [4.69, 9.17) is 5.10 Å². The van der Waals surface area contributed by atoms with Gasteiger partial charge in [0.1, 0.15) is 0 Å². The van der Waals surface area contributed by atoms with E-state index in [2.05, 4.69) is 44.2 Å². The molecule has 0 radical (unpaired) electrons. The van der Waals surface area contributed by atoms with Crippen LogP contribution in [-0.2, 0) is 16.1 Å². The fraction of sp³-hybridized carbons (Fsp3) is 0.296. The minimum Gasteiger partial charge on any atom is -0.339 e. The molecule has 0 bridgehead atoms. The molecular formula is C27H30N4O2. The topological polar surface area (TPSA) is 58.4 Å². The molecule has 1 saturated heterocycles. The second-order valence-electron chi connectivity index (χ2n) is 8.58. The summed E-state index contributed by atoms with van der Waals surface area (Å²) < 4.78 is 1.93. The third-order valence-corrected chi connectivity index (χ3v) is 6.20. The van der Waals surface area contributed by atoms with Crippen LogP contribution in [0.2, 0.25) is 0 Å². The van der Waals surface area contributed by atoms with Gasteiger partial charge in [-0.3, -0.25) is 14.3 Å². The van der Waals surface area contributed by atoms with Gasteiger partial charge in [0.2, 0.25) is 11.8 Å². The van der Waals surface area contributed by atoms with E-state index < -0.39 is 0 Å². The van der Waals surface area contributed by atoms with Gasteiger partial charge in [-0.25, -0.2) is 0 Å². The van der Waals surface area contributed by atoms with Crippen molar-refractivity contribution in [3.8, 4) is 11.3 Å². The lowest BCUT2D eigenvalue weighted by Gasteiger charge is -2.33. The van der Waals surface area contributed by atoms with Crippen LogP contribution >= 0.6 is 0 Å². The predicted octanol–water partition coefficient (Wildman–Crippen LogP) is 3.92. The maximum Gasteiger partial charge on any atom is 0.246 e. The first-order valence-corrected chi connectivity index (χ1v) is 11.3. The molecule has 0 aliphatic carbocycles. The lowest BCUT2D eigenvalue weighted by molar-refractivity contribution is -0.135. The quantitative estimate of drug-likeness (QED) is 0.563. The molecule has 0 saturated carbocycles. The monoisotopic (exact) mass is 442 g/mol. The molecule has 4 rings (SSSR count). The Kier molecular flexibility index (Phi) is 6.73. The number of aryl methyl sites for hydroxylation is 2. The highest BCUT2D eigenvalue weighted by atomic mass is 16.2. The van der Waals surface area contributed by atoms with E-state index >= 15 is 0 Å². The molecule has 2 aromatic carbocycles. The van der Waals surface area contributed by atoms with E-state index in [-0.39, 0.29) is 11.8 Å². The number of amides is 2. The van der Waals surface area contributed by atoms with Crippen LogP contribution in [0.5, 0.6) is 0 Å². The highest BCUT2D eigenvalue weighted by Gasteiger charge is 2.21. The molecule has 2 amide bonds. The number of hydrogen-bond acceptors (Lipinski definition) is 3. The number of carbonyl (C=O) groups is 2. The third kappa shape index (κ3) is 5.40. The maximum atomic E-state index is 12.8. The summed E-state index contributed by atoms with van der Waals surface area (Å²) >= 11 is 0. The summed E-state index contributed by atoms with van der Waals surface area (Å²) in [4.78, 5) is 27.9. The molecule has 6 heteroatoms. The van der Waals surface area contributed by atoms with E-state index in [0.29, 0.717) is 32.7 Å². The molecule has 1 fully saturated rings. The first-order valence-electron chi connectivity index (χ1n) is 11.3. The van der Waals surface area contributed by atoms with Crippen LogP contribution in [0.1, 0.15) is 29.2 Å². The van der Waals surface area contributed by atoms with Crippen molar-refractivity contribution < 1.29 is 9.59 Å². The van der Waals surface area contributed by atoms with Crippen LogP contribution in [0.15, 0.2) is 60.8 Å². The van der Waals surface area contributed by atoms with Gasteiger partial charge >= 0.3 is 0 Å². The molecular weight excluding hydrogens is 412 g/mol. The average Bonchev–Trinajstić information content (AvgIpc) is 3.22. The van der Waals surface area contributed by atoms with Crippen molar-refractivity contribution in [3.63, 3.8) is 0 Å². The van der Waals surface area contributed by atoms with Crippen LogP contribution in [0, 0.1) is 13.8 Å². The Labute approximate surface area is 195 Å². The fourth-order valence-electron chi connectivity index (χ4n) is 4.03. The summed E-state index contributed by atoms with van der Waals surface area (Å²) in [7, 11) is 0. The van der Waals surface area contributed by atoms with Gasteiger partial charge in [-0.15, -0.1) is 0 Å². The van der Waals surface area contributed by atoms with Gasteiger partial charge in [-0.2, -0.15) is 5.10 Å². The standard InChI is InChI=1S/C27H30N4O2/c1-20-9-10-24(17-21(20)2)27-25(19-31(28-27)18-23-7-5-4-6-8-23)11-12-26(33)30-15-13-29(14-16-30)22(3)32/h4-12,17,19H,13-16,18H2,1-3H3/b12-11+. The van der Waals surface area contributed by atoms with Crippen LogP contribution < -0.4 is 0 Å². The van der Waals surface area contributed by atoms with Crippen molar-refractivity contribution in [3.05, 3.63) is 83.1 Å². The Morgan fingerprint density at radius 3 is 2.30 bits per heavy atom. The van der Waals surface area contributed by atoms with Crippen molar-refractivity contribution in [2.45, 2.75) is 27.3 Å². The zero-order valence-corrected chi connectivity index (χ0v) is 19.5. The summed E-state index contributed by atoms with van der Waals surface area (Å²) in [5, 5.41) is 4.86. The molecule has 3 aromatic rings. The summed E-state index contributed by atoms with van der Waals surface area (Å²) in [6, 6.07) is 16.5. The zero-order chi connectivity index (χ0) is 23.4. The van der Waals surface area contributed by atoms with Crippen molar-refractivity contribution in [2.24, 2.45) is 0 Å².